The molecule has 1 heterocycles. The van der Waals surface area contributed by atoms with Crippen LogP contribution in [0.5, 0.6) is 5.75 Å². The maximum Gasteiger partial charge on any atom is 0.224 e. The summed E-state index contributed by atoms with van der Waals surface area (Å²) in [5, 5.41) is 8.92. The van der Waals surface area contributed by atoms with Crippen LogP contribution in [-0.2, 0) is 16.0 Å². The number of carbonyl (C=O) groups is 2. The van der Waals surface area contributed by atoms with E-state index in [2.05, 4.69) is 0 Å². The van der Waals surface area contributed by atoms with Gasteiger partial charge in [-0.05, 0) is 55.0 Å². The molecule has 1 aromatic carbocycles. The van der Waals surface area contributed by atoms with Crippen LogP contribution in [-0.4, -0.2) is 34.2 Å². The summed E-state index contributed by atoms with van der Waals surface area (Å²) in [7, 11) is 0. The fourth-order valence-corrected chi connectivity index (χ4v) is 2.84. The van der Waals surface area contributed by atoms with E-state index >= 15 is 0 Å². The molecule has 1 aliphatic rings. The zero-order chi connectivity index (χ0) is 15.2. The molecule has 0 aromatic heterocycles. The van der Waals surface area contributed by atoms with Crippen molar-refractivity contribution in [1.29, 1.82) is 0 Å². The number of piperidine rings is 1. The fourth-order valence-electron chi connectivity index (χ4n) is 2.62. The van der Waals surface area contributed by atoms with E-state index in [0.717, 1.165) is 18.4 Å². The van der Waals surface area contributed by atoms with E-state index in [1.807, 2.05) is 17.0 Å². The molecule has 5 heteroatoms. The number of amides is 1. The number of likely N-dealkylation sites (tertiary alicyclic amines) is 1. The number of aromatic hydroxyl groups is 1. The Morgan fingerprint density at radius 3 is 2.38 bits per heavy atom. The summed E-state index contributed by atoms with van der Waals surface area (Å²) < 4.78 is 0. The van der Waals surface area contributed by atoms with Crippen LogP contribution in [0.4, 0.5) is 0 Å². The van der Waals surface area contributed by atoms with E-state index in [9.17, 15) is 14.7 Å². The average molecular weight is 310 g/mol. The lowest BCUT2D eigenvalue weighted by Gasteiger charge is -2.30. The van der Waals surface area contributed by atoms with Crippen molar-refractivity contribution in [1.82, 2.24) is 4.90 Å². The molecular weight excluding hydrogens is 290 g/mol. The molecule has 2 rings (SSSR count). The van der Waals surface area contributed by atoms with Crippen LogP contribution >= 0.6 is 11.6 Å². The fraction of sp³-hybridized carbons (Fsp3) is 0.500. The van der Waals surface area contributed by atoms with Gasteiger partial charge in [0.1, 0.15) is 5.75 Å². The molecule has 0 atom stereocenters. The predicted molar refractivity (Wildman–Crippen MR) is 81.2 cm³/mol. The van der Waals surface area contributed by atoms with Crippen LogP contribution in [0.1, 0.15) is 31.2 Å². The van der Waals surface area contributed by atoms with E-state index in [-0.39, 0.29) is 22.8 Å². The third-order valence-electron chi connectivity index (χ3n) is 3.96. The molecule has 1 aromatic rings. The van der Waals surface area contributed by atoms with Gasteiger partial charge in [0.15, 0.2) is 0 Å². The number of rotatable bonds is 5. The van der Waals surface area contributed by atoms with Gasteiger partial charge < -0.3 is 10.0 Å². The summed E-state index contributed by atoms with van der Waals surface area (Å²) in [4.78, 5) is 25.0. The topological polar surface area (TPSA) is 57.6 Å². The Labute approximate surface area is 129 Å². The highest BCUT2D eigenvalue weighted by molar-refractivity contribution is 6.63. The maximum atomic E-state index is 12.1. The first-order valence-electron chi connectivity index (χ1n) is 7.31. The standard InChI is InChI=1S/C16H20ClNO3/c17-16(21)13-8-10-18(11-9-13)15(20)3-1-2-12-4-6-14(19)7-5-12/h4-7,13,19H,1-3,8-11H2. The number of phenolic OH excluding ortho intramolecular Hbond substituents is 1. The van der Waals surface area contributed by atoms with E-state index in [0.29, 0.717) is 32.4 Å². The Balaban J connectivity index is 1.70. The molecule has 4 nitrogen and oxygen atoms in total. The molecule has 1 amide bonds. The SMILES string of the molecule is O=C(Cl)C1CCN(C(=O)CCCc2ccc(O)cc2)CC1. The highest BCUT2D eigenvalue weighted by Gasteiger charge is 2.25. The number of aryl methyl sites for hydroxylation is 1. The molecule has 1 aliphatic heterocycles. The van der Waals surface area contributed by atoms with Gasteiger partial charge in [-0.3, -0.25) is 9.59 Å². The molecule has 0 unspecified atom stereocenters. The molecule has 114 valence electrons. The summed E-state index contributed by atoms with van der Waals surface area (Å²) in [5.41, 5.74) is 1.12. The highest BCUT2D eigenvalue weighted by atomic mass is 35.5. The molecule has 0 saturated carbocycles. The number of hydrogen-bond acceptors (Lipinski definition) is 3. The van der Waals surface area contributed by atoms with Gasteiger partial charge in [-0.25, -0.2) is 0 Å². The van der Waals surface area contributed by atoms with Crippen molar-refractivity contribution in [2.45, 2.75) is 32.1 Å². The molecular formula is C16H20ClNO3. The first-order chi connectivity index (χ1) is 10.1. The number of halogens is 1. The third-order valence-corrected chi connectivity index (χ3v) is 4.27. The minimum absolute atomic E-state index is 0.0901. The Hall–Kier alpha value is -1.55. The third kappa shape index (κ3) is 4.74. The average Bonchev–Trinajstić information content (AvgIpc) is 2.49. The molecule has 21 heavy (non-hydrogen) atoms. The van der Waals surface area contributed by atoms with E-state index in [1.165, 1.54) is 0 Å². The first kappa shape index (κ1) is 15.8. The highest BCUT2D eigenvalue weighted by Crippen LogP contribution is 2.20. The molecule has 0 spiro atoms. The molecule has 0 bridgehead atoms. The minimum Gasteiger partial charge on any atom is -0.508 e. The maximum absolute atomic E-state index is 12.1. The van der Waals surface area contributed by atoms with Crippen molar-refractivity contribution in [3.63, 3.8) is 0 Å². The van der Waals surface area contributed by atoms with Crippen molar-refractivity contribution < 1.29 is 14.7 Å². The second-order valence-corrected chi connectivity index (χ2v) is 5.85. The lowest BCUT2D eigenvalue weighted by molar-refractivity contribution is -0.133. The summed E-state index contributed by atoms with van der Waals surface area (Å²) in [6.07, 6.45) is 3.47. The van der Waals surface area contributed by atoms with Gasteiger partial charge >= 0.3 is 0 Å². The minimum atomic E-state index is -0.283. The van der Waals surface area contributed by atoms with Gasteiger partial charge in [0.2, 0.25) is 11.1 Å². The molecule has 1 saturated heterocycles. The van der Waals surface area contributed by atoms with Crippen molar-refractivity contribution in [2.24, 2.45) is 5.92 Å². The van der Waals surface area contributed by atoms with Gasteiger partial charge in [-0.2, -0.15) is 0 Å². The second kappa shape index (κ2) is 7.46. The summed E-state index contributed by atoms with van der Waals surface area (Å²) in [6.45, 7) is 1.25. The molecule has 1 fully saturated rings. The monoisotopic (exact) mass is 309 g/mol. The van der Waals surface area contributed by atoms with E-state index in [1.54, 1.807) is 12.1 Å². The zero-order valence-electron chi connectivity index (χ0n) is 11.9. The predicted octanol–water partition coefficient (Wildman–Crippen LogP) is 2.72. The molecule has 0 aliphatic carbocycles. The Morgan fingerprint density at radius 1 is 1.19 bits per heavy atom. The summed E-state index contributed by atoms with van der Waals surface area (Å²) in [6, 6.07) is 7.06. The summed E-state index contributed by atoms with van der Waals surface area (Å²) in [5.74, 6) is 0.313. The van der Waals surface area contributed by atoms with Crippen LogP contribution in [0.3, 0.4) is 0 Å². The smallest absolute Gasteiger partial charge is 0.224 e. The van der Waals surface area contributed by atoms with Gasteiger partial charge in [-0.1, -0.05) is 12.1 Å². The second-order valence-electron chi connectivity index (χ2n) is 5.48. The van der Waals surface area contributed by atoms with Crippen molar-refractivity contribution in [3.8, 4) is 5.75 Å². The van der Waals surface area contributed by atoms with Crippen LogP contribution in [0.2, 0.25) is 0 Å². The normalized spacial score (nSPS) is 16.0. The Bertz CT molecular complexity index is 493. The van der Waals surface area contributed by atoms with Crippen LogP contribution in [0, 0.1) is 5.92 Å². The van der Waals surface area contributed by atoms with Crippen molar-refractivity contribution >= 4 is 22.8 Å². The van der Waals surface area contributed by atoms with E-state index in [4.69, 9.17) is 11.6 Å². The van der Waals surface area contributed by atoms with Crippen molar-refractivity contribution in [3.05, 3.63) is 29.8 Å². The van der Waals surface area contributed by atoms with Gasteiger partial charge in [0, 0.05) is 25.4 Å². The number of hydrogen-bond donors (Lipinski definition) is 1. The number of carbonyl (C=O) groups excluding carboxylic acids is 2. The zero-order valence-corrected chi connectivity index (χ0v) is 12.7. The van der Waals surface area contributed by atoms with Crippen LogP contribution in [0.15, 0.2) is 24.3 Å². The van der Waals surface area contributed by atoms with Gasteiger partial charge in [0.25, 0.3) is 0 Å². The number of nitrogens with zero attached hydrogens (tertiary/aromatic N) is 1. The van der Waals surface area contributed by atoms with Crippen LogP contribution in [0.25, 0.3) is 0 Å². The van der Waals surface area contributed by atoms with E-state index < -0.39 is 0 Å². The quantitative estimate of drug-likeness (QED) is 0.851. The number of phenols is 1. The van der Waals surface area contributed by atoms with Gasteiger partial charge in [0.05, 0.1) is 0 Å². The van der Waals surface area contributed by atoms with Crippen molar-refractivity contribution in [2.75, 3.05) is 13.1 Å². The van der Waals surface area contributed by atoms with Crippen LogP contribution < -0.4 is 0 Å². The lowest BCUT2D eigenvalue weighted by atomic mass is 9.98. The first-order valence-corrected chi connectivity index (χ1v) is 7.69. The Morgan fingerprint density at radius 2 is 1.81 bits per heavy atom. The van der Waals surface area contributed by atoms with Gasteiger partial charge in [-0.15, -0.1) is 0 Å². The Kier molecular flexibility index (Phi) is 5.62. The summed E-state index contributed by atoms with van der Waals surface area (Å²) >= 11 is 5.49. The largest absolute Gasteiger partial charge is 0.508 e. The number of benzene rings is 1. The molecule has 1 N–H and O–H groups in total. The molecule has 0 radical (unpaired) electrons. The lowest BCUT2D eigenvalue weighted by Crippen LogP contribution is -2.39.